The summed E-state index contributed by atoms with van der Waals surface area (Å²) in [5.74, 6) is 1.23. The van der Waals surface area contributed by atoms with Crippen LogP contribution in [0.25, 0.3) is 6.08 Å². The van der Waals surface area contributed by atoms with E-state index in [2.05, 4.69) is 4.98 Å². The Morgan fingerprint density at radius 2 is 1.84 bits per heavy atom. The van der Waals surface area contributed by atoms with Crippen molar-refractivity contribution in [3.63, 3.8) is 0 Å². The van der Waals surface area contributed by atoms with E-state index >= 15 is 0 Å². The first-order chi connectivity index (χ1) is 8.71. The van der Waals surface area contributed by atoms with Crippen molar-refractivity contribution in [2.24, 2.45) is 0 Å². The van der Waals surface area contributed by atoms with Crippen LogP contribution in [0.15, 0.2) is 18.2 Å². The van der Waals surface area contributed by atoms with Gasteiger partial charge in [-0.15, -0.1) is 0 Å². The van der Waals surface area contributed by atoms with Crippen LogP contribution in [0.1, 0.15) is 33.4 Å². The highest BCUT2D eigenvalue weighted by atomic mass is 19.1. The highest BCUT2D eigenvalue weighted by Crippen LogP contribution is 2.36. The van der Waals surface area contributed by atoms with Gasteiger partial charge in [-0.2, -0.15) is 0 Å². The van der Waals surface area contributed by atoms with Crippen molar-refractivity contribution in [3.8, 4) is 0 Å². The maximum atomic E-state index is 13.0. The lowest BCUT2D eigenvalue weighted by Crippen LogP contribution is -2.41. The van der Waals surface area contributed by atoms with Gasteiger partial charge in [0.15, 0.2) is 5.82 Å². The van der Waals surface area contributed by atoms with Gasteiger partial charge in [-0.05, 0) is 39.8 Å². The van der Waals surface area contributed by atoms with E-state index < -0.39 is 12.9 Å². The van der Waals surface area contributed by atoms with Crippen molar-refractivity contribution in [1.29, 1.82) is 0 Å². The molecule has 1 aliphatic rings. The number of halogens is 1. The molecule has 0 spiro atoms. The molecule has 0 aliphatic carbocycles. The van der Waals surface area contributed by atoms with Crippen molar-refractivity contribution in [1.82, 2.24) is 4.98 Å². The van der Waals surface area contributed by atoms with Crippen LogP contribution in [0.2, 0.25) is 0 Å². The molecule has 1 aromatic heterocycles. The van der Waals surface area contributed by atoms with E-state index in [-0.39, 0.29) is 16.9 Å². The molecule has 0 aromatic carbocycles. The van der Waals surface area contributed by atoms with Gasteiger partial charge in [0.25, 0.3) is 0 Å². The number of rotatable bonds is 2. The summed E-state index contributed by atoms with van der Waals surface area (Å²) in [7, 11) is -0.446. The smallest absolute Gasteiger partial charge is 0.400 e. The summed E-state index contributed by atoms with van der Waals surface area (Å²) in [4.78, 5) is 3.92. The van der Waals surface area contributed by atoms with E-state index in [1.165, 1.54) is 6.07 Å². The molecule has 2 N–H and O–H groups in total. The first-order valence-electron chi connectivity index (χ1n) is 6.16. The van der Waals surface area contributed by atoms with Crippen molar-refractivity contribution >= 4 is 18.9 Å². The van der Waals surface area contributed by atoms with Crippen LogP contribution in [0.4, 0.5) is 10.1 Å². The largest absolute Gasteiger partial charge is 0.487 e. The van der Waals surface area contributed by atoms with E-state index in [1.54, 1.807) is 12.1 Å². The van der Waals surface area contributed by atoms with Crippen molar-refractivity contribution in [2.45, 2.75) is 38.9 Å². The molecule has 1 aliphatic heterocycles. The molecule has 1 fully saturated rings. The highest BCUT2D eigenvalue weighted by molar-refractivity contribution is 6.52. The van der Waals surface area contributed by atoms with Crippen molar-refractivity contribution < 1.29 is 13.7 Å². The Bertz CT molecular complexity index is 501. The fraction of sp³-hybridized carbons (Fsp3) is 0.462. The zero-order valence-electron chi connectivity index (χ0n) is 11.6. The summed E-state index contributed by atoms with van der Waals surface area (Å²) in [6.07, 6.45) is 2.80. The minimum atomic E-state index is -0.521. The number of aromatic nitrogens is 1. The SMILES string of the molecule is CC1(C)OB(/C=C/c2cc(N)c(F)cn2)OC1(C)C. The second-order valence-corrected chi connectivity index (χ2v) is 5.61. The number of anilines is 1. The molecule has 2 heterocycles. The number of pyridine rings is 1. The summed E-state index contributed by atoms with van der Waals surface area (Å²) in [6.45, 7) is 7.92. The Morgan fingerprint density at radius 1 is 1.26 bits per heavy atom. The van der Waals surface area contributed by atoms with E-state index in [0.29, 0.717) is 5.69 Å². The molecule has 0 radical (unpaired) electrons. The molecule has 4 nitrogen and oxygen atoms in total. The number of nitrogens with two attached hydrogens (primary N) is 1. The van der Waals surface area contributed by atoms with Crippen LogP contribution < -0.4 is 5.73 Å². The van der Waals surface area contributed by atoms with Crippen LogP contribution in [0.5, 0.6) is 0 Å². The van der Waals surface area contributed by atoms with Crippen molar-refractivity contribution in [2.75, 3.05) is 5.73 Å². The van der Waals surface area contributed by atoms with Crippen LogP contribution in [0.3, 0.4) is 0 Å². The second kappa shape index (κ2) is 4.61. The summed E-state index contributed by atoms with van der Waals surface area (Å²) in [6, 6.07) is 1.47. The molecule has 19 heavy (non-hydrogen) atoms. The van der Waals surface area contributed by atoms with E-state index in [1.807, 2.05) is 27.7 Å². The Balaban J connectivity index is 2.10. The van der Waals surface area contributed by atoms with Crippen LogP contribution in [0, 0.1) is 5.82 Å². The lowest BCUT2D eigenvalue weighted by Gasteiger charge is -2.32. The Hall–Kier alpha value is -1.40. The molecule has 6 heteroatoms. The maximum Gasteiger partial charge on any atom is 0.487 e. The standard InChI is InChI=1S/C13H18BFN2O2/c1-12(2)13(3,4)19-14(18-12)6-5-9-7-11(16)10(15)8-17-9/h5-8H,1-4H3,(H2,16,17)/b6-5+. The van der Waals surface area contributed by atoms with Crippen LogP contribution in [-0.2, 0) is 9.31 Å². The molecule has 0 bridgehead atoms. The summed E-state index contributed by atoms with van der Waals surface area (Å²) in [5, 5.41) is 0. The average Bonchev–Trinajstić information content (AvgIpc) is 2.49. The lowest BCUT2D eigenvalue weighted by atomic mass is 9.89. The highest BCUT2D eigenvalue weighted by Gasteiger charge is 2.49. The fourth-order valence-corrected chi connectivity index (χ4v) is 1.71. The van der Waals surface area contributed by atoms with Gasteiger partial charge in [0, 0.05) is 0 Å². The predicted octanol–water partition coefficient (Wildman–Crippen LogP) is 2.45. The van der Waals surface area contributed by atoms with E-state index in [4.69, 9.17) is 15.0 Å². The number of hydrogen-bond donors (Lipinski definition) is 1. The summed E-state index contributed by atoms with van der Waals surface area (Å²) < 4.78 is 24.6. The average molecular weight is 264 g/mol. The van der Waals surface area contributed by atoms with Gasteiger partial charge in [-0.1, -0.05) is 5.98 Å². The number of nitrogens with zero attached hydrogens (tertiary/aromatic N) is 1. The van der Waals surface area contributed by atoms with Crippen molar-refractivity contribution in [3.05, 3.63) is 29.7 Å². The molecule has 1 saturated heterocycles. The minimum Gasteiger partial charge on any atom is -0.400 e. The van der Waals surface area contributed by atoms with Gasteiger partial charge in [-0.25, -0.2) is 4.39 Å². The van der Waals surface area contributed by atoms with E-state index in [9.17, 15) is 4.39 Å². The zero-order chi connectivity index (χ0) is 14.3. The molecule has 1 aromatic rings. The summed E-state index contributed by atoms with van der Waals surface area (Å²) in [5.41, 5.74) is 5.36. The molecule has 2 rings (SSSR count). The molecule has 102 valence electrons. The Morgan fingerprint density at radius 3 is 2.37 bits per heavy atom. The van der Waals surface area contributed by atoms with E-state index in [0.717, 1.165) is 6.20 Å². The molecule has 0 amide bonds. The summed E-state index contributed by atoms with van der Waals surface area (Å²) >= 11 is 0. The molecular formula is C13H18BFN2O2. The first-order valence-corrected chi connectivity index (χ1v) is 6.16. The normalized spacial score (nSPS) is 21.2. The van der Waals surface area contributed by atoms with Gasteiger partial charge >= 0.3 is 7.12 Å². The third-order valence-electron chi connectivity index (χ3n) is 3.60. The van der Waals surface area contributed by atoms with Gasteiger partial charge in [0.1, 0.15) is 0 Å². The monoisotopic (exact) mass is 264 g/mol. The first kappa shape index (κ1) is 14.0. The van der Waals surface area contributed by atoms with Gasteiger partial charge in [0.2, 0.25) is 0 Å². The third kappa shape index (κ3) is 2.79. The number of hydrogen-bond acceptors (Lipinski definition) is 4. The molecule has 0 saturated carbocycles. The Labute approximate surface area is 113 Å². The minimum absolute atomic E-state index is 0.0727. The predicted molar refractivity (Wildman–Crippen MR) is 73.7 cm³/mol. The third-order valence-corrected chi connectivity index (χ3v) is 3.60. The quantitative estimate of drug-likeness (QED) is 0.833. The zero-order valence-corrected chi connectivity index (χ0v) is 11.6. The molecular weight excluding hydrogens is 246 g/mol. The fourth-order valence-electron chi connectivity index (χ4n) is 1.71. The maximum absolute atomic E-state index is 13.0. The molecule has 0 atom stereocenters. The van der Waals surface area contributed by atoms with Crippen LogP contribution >= 0.6 is 0 Å². The number of nitrogen functional groups attached to an aromatic ring is 1. The van der Waals surface area contributed by atoms with Gasteiger partial charge < -0.3 is 15.0 Å². The lowest BCUT2D eigenvalue weighted by molar-refractivity contribution is 0.00578. The van der Waals surface area contributed by atoms with Crippen LogP contribution in [-0.4, -0.2) is 23.3 Å². The Kier molecular flexibility index (Phi) is 3.41. The topological polar surface area (TPSA) is 57.4 Å². The second-order valence-electron chi connectivity index (χ2n) is 5.61. The molecule has 0 unspecified atom stereocenters. The van der Waals surface area contributed by atoms with Gasteiger partial charge in [-0.3, -0.25) is 4.98 Å². The van der Waals surface area contributed by atoms with Gasteiger partial charge in [0.05, 0.1) is 28.8 Å².